The van der Waals surface area contributed by atoms with Gasteiger partial charge in [-0.1, -0.05) is 38.8 Å². The highest BCUT2D eigenvalue weighted by Crippen LogP contribution is 2.33. The van der Waals surface area contributed by atoms with Gasteiger partial charge in [0.25, 0.3) is 5.95 Å². The lowest BCUT2D eigenvalue weighted by Gasteiger charge is -2.17. The summed E-state index contributed by atoms with van der Waals surface area (Å²) in [6.07, 6.45) is 0.900. The van der Waals surface area contributed by atoms with Crippen LogP contribution < -0.4 is 15.1 Å². The zero-order valence-corrected chi connectivity index (χ0v) is 17.6. The lowest BCUT2D eigenvalue weighted by molar-refractivity contribution is -0.195. The van der Waals surface area contributed by atoms with Crippen molar-refractivity contribution >= 4 is 10.8 Å². The van der Waals surface area contributed by atoms with Crippen LogP contribution in [0.15, 0.2) is 51.7 Å². The van der Waals surface area contributed by atoms with E-state index in [1.54, 1.807) is 12.1 Å². The van der Waals surface area contributed by atoms with Crippen LogP contribution in [0.4, 0.5) is 13.2 Å². The summed E-state index contributed by atoms with van der Waals surface area (Å²) in [4.78, 5) is 12.3. The second-order valence-electron chi connectivity index (χ2n) is 7.32. The number of unbranched alkanes of at least 4 members (excludes halogenated alkanes) is 2. The van der Waals surface area contributed by atoms with Gasteiger partial charge >= 0.3 is 11.7 Å². The molecule has 0 spiro atoms. The first-order valence-corrected chi connectivity index (χ1v) is 10.4. The second kappa shape index (κ2) is 9.90. The van der Waals surface area contributed by atoms with Crippen LogP contribution in [-0.4, -0.2) is 6.61 Å². The lowest BCUT2D eigenvalue weighted by Crippen LogP contribution is -2.22. The Kier molecular flexibility index (Phi) is 7.25. The van der Waals surface area contributed by atoms with Crippen molar-refractivity contribution in [1.29, 1.82) is 0 Å². The van der Waals surface area contributed by atoms with E-state index >= 15 is 0 Å². The molecule has 0 saturated heterocycles. The first-order chi connectivity index (χ1) is 14.9. The Balaban J connectivity index is 1.82. The molecule has 0 fully saturated rings. The van der Waals surface area contributed by atoms with E-state index in [9.17, 15) is 18.0 Å². The third-order valence-electron chi connectivity index (χ3n) is 4.86. The van der Waals surface area contributed by atoms with Gasteiger partial charge in [-0.05, 0) is 54.5 Å². The molecule has 2 aromatic carbocycles. The first-order valence-electron chi connectivity index (χ1n) is 10.4. The van der Waals surface area contributed by atoms with Crippen LogP contribution in [0.1, 0.15) is 50.7 Å². The zero-order chi connectivity index (χ0) is 22.4. The van der Waals surface area contributed by atoms with E-state index in [0.717, 1.165) is 37.3 Å². The molecule has 0 saturated carbocycles. The Morgan fingerprint density at radius 1 is 1.00 bits per heavy atom. The fraction of sp³-hybridized carbons (Fsp3) is 0.375. The van der Waals surface area contributed by atoms with Gasteiger partial charge in [-0.2, -0.15) is 8.78 Å². The van der Waals surface area contributed by atoms with E-state index in [1.165, 1.54) is 24.3 Å². The molecule has 166 valence electrons. The van der Waals surface area contributed by atoms with Gasteiger partial charge in [-0.15, -0.1) is 0 Å². The molecule has 1 heterocycles. The molecule has 0 radical (unpaired) electrons. The zero-order valence-electron chi connectivity index (χ0n) is 17.6. The minimum absolute atomic E-state index is 0.0784. The summed E-state index contributed by atoms with van der Waals surface area (Å²) in [5, 5.41) is -0.296. The van der Waals surface area contributed by atoms with Crippen LogP contribution >= 0.6 is 0 Å². The Morgan fingerprint density at radius 3 is 2.42 bits per heavy atom. The molecule has 0 N–H and O–H groups in total. The van der Waals surface area contributed by atoms with E-state index in [2.05, 4.69) is 6.92 Å². The number of benzene rings is 2. The van der Waals surface area contributed by atoms with Crippen LogP contribution in [0, 0.1) is 5.82 Å². The largest absolute Gasteiger partial charge is 0.491 e. The summed E-state index contributed by atoms with van der Waals surface area (Å²) in [6.45, 7) is 4.23. The van der Waals surface area contributed by atoms with Crippen molar-refractivity contribution in [2.24, 2.45) is 0 Å². The molecule has 0 bridgehead atoms. The predicted octanol–water partition coefficient (Wildman–Crippen LogP) is 6.58. The van der Waals surface area contributed by atoms with Gasteiger partial charge in [0.2, 0.25) is 0 Å². The van der Waals surface area contributed by atoms with Gasteiger partial charge < -0.3 is 13.9 Å². The average molecular weight is 434 g/mol. The van der Waals surface area contributed by atoms with Crippen molar-refractivity contribution < 1.29 is 27.1 Å². The molecule has 31 heavy (non-hydrogen) atoms. The van der Waals surface area contributed by atoms with E-state index < -0.39 is 23.5 Å². The molecule has 0 atom stereocenters. The van der Waals surface area contributed by atoms with Crippen LogP contribution in [0.25, 0.3) is 10.8 Å². The summed E-state index contributed by atoms with van der Waals surface area (Å²) in [6, 6.07) is 9.64. The van der Waals surface area contributed by atoms with Crippen LogP contribution in [-0.2, 0) is 12.5 Å². The monoisotopic (exact) mass is 434 g/mol. The summed E-state index contributed by atoms with van der Waals surface area (Å²) in [5.74, 6) is -1.69. The van der Waals surface area contributed by atoms with E-state index in [-0.39, 0.29) is 28.7 Å². The van der Waals surface area contributed by atoms with Crippen LogP contribution in [0.3, 0.4) is 0 Å². The third kappa shape index (κ3) is 5.40. The molecule has 3 rings (SSSR count). The van der Waals surface area contributed by atoms with Gasteiger partial charge in [0.1, 0.15) is 5.39 Å². The van der Waals surface area contributed by atoms with Crippen molar-refractivity contribution in [2.45, 2.75) is 52.1 Å². The maximum Gasteiger partial charge on any atom is 0.428 e. The van der Waals surface area contributed by atoms with Gasteiger partial charge in [0.15, 0.2) is 11.6 Å². The Labute approximate surface area is 178 Å². The number of aryl methyl sites for hydroxylation is 1. The van der Waals surface area contributed by atoms with Crippen LogP contribution in [0.2, 0.25) is 0 Å². The van der Waals surface area contributed by atoms with Gasteiger partial charge in [0.05, 0.1) is 12.2 Å². The molecule has 0 unspecified atom stereocenters. The minimum atomic E-state index is -3.73. The molecule has 1 aromatic heterocycles. The van der Waals surface area contributed by atoms with Crippen molar-refractivity contribution in [3.05, 3.63) is 69.8 Å². The number of hydrogen-bond donors (Lipinski definition) is 0. The molecule has 0 aliphatic heterocycles. The summed E-state index contributed by atoms with van der Waals surface area (Å²) in [5.41, 5.74) is -0.528. The smallest absolute Gasteiger partial charge is 0.428 e. The molecule has 7 heteroatoms. The summed E-state index contributed by atoms with van der Waals surface area (Å²) in [7, 11) is 0. The average Bonchev–Trinajstić information content (AvgIpc) is 2.73. The number of fused-ring (bicyclic) bond motifs is 1. The van der Waals surface area contributed by atoms with E-state index in [0.29, 0.717) is 6.42 Å². The van der Waals surface area contributed by atoms with Gasteiger partial charge in [-0.3, -0.25) is 0 Å². The van der Waals surface area contributed by atoms with Crippen molar-refractivity contribution in [2.75, 3.05) is 6.61 Å². The fourth-order valence-corrected chi connectivity index (χ4v) is 3.20. The predicted molar refractivity (Wildman–Crippen MR) is 112 cm³/mol. The number of hydrogen-bond acceptors (Lipinski definition) is 4. The number of halogens is 3. The van der Waals surface area contributed by atoms with Crippen molar-refractivity contribution in [1.82, 2.24) is 0 Å². The molecule has 0 aliphatic carbocycles. The number of alkyl halides is 2. The highest BCUT2D eigenvalue weighted by Gasteiger charge is 2.35. The van der Waals surface area contributed by atoms with Gasteiger partial charge in [-0.25, -0.2) is 9.18 Å². The topological polar surface area (TPSA) is 48.7 Å². The molecular weight excluding hydrogens is 409 g/mol. The maximum atomic E-state index is 14.6. The third-order valence-corrected chi connectivity index (χ3v) is 4.86. The normalized spacial score (nSPS) is 11.6. The molecular formula is C24H25F3O4. The fourth-order valence-electron chi connectivity index (χ4n) is 3.20. The second-order valence-corrected chi connectivity index (χ2v) is 7.32. The highest BCUT2D eigenvalue weighted by molar-refractivity contribution is 5.84. The Bertz CT molecular complexity index is 1070. The number of rotatable bonds is 10. The Hall–Kier alpha value is -2.96. The SMILES string of the molecule is CCCCCc1ccc(C(F)(F)Oc2cc3ccc(OCCC)c(F)c3c(=O)o2)cc1. The summed E-state index contributed by atoms with van der Waals surface area (Å²) >= 11 is 0. The van der Waals surface area contributed by atoms with E-state index in [4.69, 9.17) is 13.9 Å². The minimum Gasteiger partial charge on any atom is -0.491 e. The van der Waals surface area contributed by atoms with Crippen molar-refractivity contribution in [3.63, 3.8) is 0 Å². The molecule has 0 amide bonds. The molecule has 3 aromatic rings. The summed E-state index contributed by atoms with van der Waals surface area (Å²) < 4.78 is 58.6. The van der Waals surface area contributed by atoms with E-state index in [1.807, 2.05) is 6.92 Å². The molecule has 0 aliphatic rings. The lowest BCUT2D eigenvalue weighted by atomic mass is 10.1. The molecule has 4 nitrogen and oxygen atoms in total. The quantitative estimate of drug-likeness (QED) is 0.338. The first kappa shape index (κ1) is 22.7. The maximum absolute atomic E-state index is 14.6. The highest BCUT2D eigenvalue weighted by atomic mass is 19.3. The standard InChI is InChI=1S/C24H25F3O4/c1-3-5-6-7-16-8-11-18(12-9-16)24(26,27)31-20-15-17-10-13-19(29-14-4-2)22(25)21(17)23(28)30-20/h8-13,15H,3-7,14H2,1-2H3. The van der Waals surface area contributed by atoms with Crippen molar-refractivity contribution in [3.8, 4) is 11.7 Å². The van der Waals surface area contributed by atoms with Gasteiger partial charge in [0, 0.05) is 6.07 Å². The number of ether oxygens (including phenoxy) is 2. The van der Waals surface area contributed by atoms with Crippen LogP contribution in [0.5, 0.6) is 11.7 Å². The Morgan fingerprint density at radius 2 is 1.74 bits per heavy atom.